The van der Waals surface area contributed by atoms with Crippen LogP contribution in [0.1, 0.15) is 77.0 Å². The Balaban J connectivity index is 1.77. The van der Waals surface area contributed by atoms with E-state index in [1.165, 1.54) is 38.5 Å². The average Bonchev–Trinajstić information content (AvgIpc) is 2.55. The molecule has 2 spiro atoms. The highest BCUT2D eigenvalue weighted by molar-refractivity contribution is 5.07. The maximum atomic E-state index is 13.4. The average molecular weight is 309 g/mol. The van der Waals surface area contributed by atoms with Gasteiger partial charge < -0.3 is 10.1 Å². The second-order valence-corrected chi connectivity index (χ2v) is 7.92. The van der Waals surface area contributed by atoms with E-state index in [0.717, 1.165) is 51.7 Å². The molecular weight excluding hydrogens is 276 g/mol. The highest BCUT2D eigenvalue weighted by Crippen LogP contribution is 2.50. The monoisotopic (exact) mass is 309 g/mol. The summed E-state index contributed by atoms with van der Waals surface area (Å²) in [6.45, 7) is 1.67. The van der Waals surface area contributed by atoms with E-state index in [4.69, 9.17) is 4.74 Å². The molecule has 4 nitrogen and oxygen atoms in total. The van der Waals surface area contributed by atoms with Crippen molar-refractivity contribution in [3.8, 4) is 0 Å². The number of hydroxylamine groups is 2. The van der Waals surface area contributed by atoms with E-state index in [9.17, 15) is 5.21 Å². The number of methoxy groups -OCH3 is 1. The molecule has 0 atom stereocenters. The van der Waals surface area contributed by atoms with Gasteiger partial charge in [-0.25, -0.2) is 0 Å². The van der Waals surface area contributed by atoms with Gasteiger partial charge in [0.25, 0.3) is 0 Å². The predicted molar refractivity (Wildman–Crippen MR) is 87.1 cm³/mol. The molecule has 2 aliphatic carbocycles. The third-order valence-corrected chi connectivity index (χ3v) is 6.42. The Labute approximate surface area is 135 Å². The van der Waals surface area contributed by atoms with Crippen molar-refractivity contribution in [2.24, 2.45) is 0 Å². The van der Waals surface area contributed by atoms with E-state index in [1.807, 2.05) is 0 Å². The lowest BCUT2D eigenvalue weighted by Crippen LogP contribution is -2.67. The maximum absolute atomic E-state index is 13.4. The van der Waals surface area contributed by atoms with Gasteiger partial charge in [-0.2, -0.15) is 0 Å². The molecule has 3 aliphatic rings. The second kappa shape index (κ2) is 7.16. The zero-order valence-electron chi connectivity index (χ0n) is 14.2. The number of nitrogens with one attached hydrogen (secondary N) is 1. The molecule has 1 aliphatic heterocycles. The van der Waals surface area contributed by atoms with Crippen molar-refractivity contribution < 1.29 is 9.94 Å². The van der Waals surface area contributed by atoms with Crippen molar-refractivity contribution in [2.45, 2.75) is 94.2 Å². The molecule has 0 bridgehead atoms. The highest BCUT2D eigenvalue weighted by Gasteiger charge is 2.55. The van der Waals surface area contributed by atoms with Crippen LogP contribution in [-0.4, -0.2) is 42.4 Å². The number of hydrogen-bond donors (Lipinski definition) is 1. The first kappa shape index (κ1) is 16.7. The van der Waals surface area contributed by atoms with Crippen molar-refractivity contribution in [3.05, 3.63) is 0 Å². The minimum atomic E-state index is -0.0709. The molecular formula is C18H33N2O2. The van der Waals surface area contributed by atoms with Gasteiger partial charge in [-0.15, -0.1) is 10.3 Å². The summed E-state index contributed by atoms with van der Waals surface area (Å²) >= 11 is 0. The molecule has 4 heteroatoms. The Kier molecular flexibility index (Phi) is 5.43. The third kappa shape index (κ3) is 3.21. The fourth-order valence-electron chi connectivity index (χ4n) is 5.40. The van der Waals surface area contributed by atoms with E-state index in [-0.39, 0.29) is 11.1 Å². The van der Waals surface area contributed by atoms with Crippen LogP contribution in [0.15, 0.2) is 0 Å². The Morgan fingerprint density at radius 3 is 1.91 bits per heavy atom. The van der Waals surface area contributed by atoms with Crippen molar-refractivity contribution in [2.75, 3.05) is 20.3 Å². The zero-order chi connectivity index (χ0) is 15.5. The van der Waals surface area contributed by atoms with Crippen LogP contribution in [0.3, 0.4) is 0 Å². The lowest BCUT2D eigenvalue weighted by Gasteiger charge is -2.58. The fourth-order valence-corrected chi connectivity index (χ4v) is 5.40. The number of hydrogen-bond acceptors (Lipinski definition) is 3. The summed E-state index contributed by atoms with van der Waals surface area (Å²) in [4.78, 5) is 0. The lowest BCUT2D eigenvalue weighted by molar-refractivity contribution is -0.320. The van der Waals surface area contributed by atoms with Crippen molar-refractivity contribution in [1.29, 1.82) is 0 Å². The molecule has 0 aromatic rings. The molecule has 127 valence electrons. The molecule has 0 aromatic heterocycles. The molecule has 0 amide bonds. The van der Waals surface area contributed by atoms with Gasteiger partial charge in [0.05, 0.1) is 17.7 Å². The lowest BCUT2D eigenvalue weighted by atomic mass is 9.65. The largest absolute Gasteiger partial charge is 0.383 e. The van der Waals surface area contributed by atoms with E-state index < -0.39 is 0 Å². The van der Waals surface area contributed by atoms with Crippen LogP contribution in [0.5, 0.6) is 0 Å². The number of nitrogens with zero attached hydrogens (tertiary/aromatic N) is 1. The van der Waals surface area contributed by atoms with Crippen LogP contribution in [0, 0.1) is 0 Å². The minimum Gasteiger partial charge on any atom is -0.383 e. The molecule has 1 saturated heterocycles. The van der Waals surface area contributed by atoms with Crippen LogP contribution in [0.25, 0.3) is 0 Å². The summed E-state index contributed by atoms with van der Waals surface area (Å²) in [5.41, 5.74) is -0.142. The fraction of sp³-hybridized carbons (Fsp3) is 1.00. The Morgan fingerprint density at radius 2 is 1.45 bits per heavy atom. The van der Waals surface area contributed by atoms with Crippen LogP contribution < -0.4 is 5.32 Å². The Hall–Kier alpha value is -0.160. The number of piperidine rings is 1. The maximum Gasteiger partial charge on any atom is 0.0587 e. The third-order valence-electron chi connectivity index (χ3n) is 6.42. The standard InChI is InChI=1S/C18H33N2O2/c1-22-13-12-19-16-14-17(8-4-2-5-9-17)20(21)18(15-16)10-6-3-7-11-18/h16,19H,2-15H2,1H3. The number of ether oxygens (including phenoxy) is 1. The summed E-state index contributed by atoms with van der Waals surface area (Å²) in [6.07, 6.45) is 14.1. The van der Waals surface area contributed by atoms with E-state index in [1.54, 1.807) is 12.2 Å². The normalized spacial score (nSPS) is 31.6. The van der Waals surface area contributed by atoms with Gasteiger partial charge in [0, 0.05) is 19.7 Å². The quantitative estimate of drug-likeness (QED) is 0.809. The van der Waals surface area contributed by atoms with Crippen LogP contribution in [0.2, 0.25) is 0 Å². The Bertz CT molecular complexity index is 321. The molecule has 1 radical (unpaired) electrons. The first-order chi connectivity index (χ1) is 10.7. The molecule has 3 fully saturated rings. The SMILES string of the molecule is COCCNC1CC2(CCCCC2)N([O])C2(CCCCC2)C1. The summed E-state index contributed by atoms with van der Waals surface area (Å²) in [7, 11) is 1.76. The molecule has 2 saturated carbocycles. The summed E-state index contributed by atoms with van der Waals surface area (Å²) in [5, 5.41) is 18.8. The Morgan fingerprint density at radius 1 is 0.955 bits per heavy atom. The van der Waals surface area contributed by atoms with Crippen LogP contribution in [0.4, 0.5) is 0 Å². The smallest absolute Gasteiger partial charge is 0.0587 e. The minimum absolute atomic E-state index is 0.0709. The van der Waals surface area contributed by atoms with Gasteiger partial charge in [-0.1, -0.05) is 38.5 Å². The number of rotatable bonds is 4. The molecule has 1 heterocycles. The van der Waals surface area contributed by atoms with E-state index in [0.29, 0.717) is 6.04 Å². The molecule has 0 unspecified atom stereocenters. The van der Waals surface area contributed by atoms with E-state index in [2.05, 4.69) is 5.32 Å². The van der Waals surface area contributed by atoms with Crippen molar-refractivity contribution in [1.82, 2.24) is 10.4 Å². The summed E-state index contributed by atoms with van der Waals surface area (Å²) < 4.78 is 5.19. The van der Waals surface area contributed by atoms with Gasteiger partial charge in [-0.3, -0.25) is 0 Å². The molecule has 0 aromatic carbocycles. The zero-order valence-corrected chi connectivity index (χ0v) is 14.2. The van der Waals surface area contributed by atoms with E-state index >= 15 is 0 Å². The highest BCUT2D eigenvalue weighted by atomic mass is 16.5. The van der Waals surface area contributed by atoms with Gasteiger partial charge in [0.1, 0.15) is 0 Å². The molecule has 3 rings (SSSR count). The summed E-state index contributed by atoms with van der Waals surface area (Å²) in [6, 6.07) is 0.497. The van der Waals surface area contributed by atoms with Crippen molar-refractivity contribution >= 4 is 0 Å². The van der Waals surface area contributed by atoms with Crippen LogP contribution in [-0.2, 0) is 9.94 Å². The second-order valence-electron chi connectivity index (χ2n) is 7.92. The molecule has 22 heavy (non-hydrogen) atoms. The predicted octanol–water partition coefficient (Wildman–Crippen LogP) is 3.44. The van der Waals surface area contributed by atoms with Crippen LogP contribution >= 0.6 is 0 Å². The first-order valence-electron chi connectivity index (χ1n) is 9.41. The van der Waals surface area contributed by atoms with Gasteiger partial charge in [0.2, 0.25) is 0 Å². The van der Waals surface area contributed by atoms with Crippen molar-refractivity contribution in [3.63, 3.8) is 0 Å². The van der Waals surface area contributed by atoms with Gasteiger partial charge in [-0.05, 0) is 38.5 Å². The first-order valence-corrected chi connectivity index (χ1v) is 9.41. The van der Waals surface area contributed by atoms with Gasteiger partial charge >= 0.3 is 0 Å². The topological polar surface area (TPSA) is 44.4 Å². The summed E-state index contributed by atoms with van der Waals surface area (Å²) in [5.74, 6) is 0. The molecule has 1 N–H and O–H groups in total. The van der Waals surface area contributed by atoms with Gasteiger partial charge in [0.15, 0.2) is 0 Å².